The predicted octanol–water partition coefficient (Wildman–Crippen LogP) is 5.18. The molecule has 2 aromatic carbocycles. The van der Waals surface area contributed by atoms with E-state index < -0.39 is 0 Å². The van der Waals surface area contributed by atoms with Crippen molar-refractivity contribution in [3.05, 3.63) is 65.9 Å². The van der Waals surface area contributed by atoms with Gasteiger partial charge in [0.05, 0.1) is 0 Å². The Morgan fingerprint density at radius 3 is 2.11 bits per heavy atom. The number of nitrogens with one attached hydrogen (secondary N) is 2. The average Bonchev–Trinajstić information content (AvgIpc) is 3.19. The minimum Gasteiger partial charge on any atom is -0.372 e. The van der Waals surface area contributed by atoms with E-state index in [1.54, 1.807) is 0 Å². The second-order valence-electron chi connectivity index (χ2n) is 7.08. The molecule has 138 valence electrons. The van der Waals surface area contributed by atoms with Crippen LogP contribution in [0.1, 0.15) is 24.1 Å². The molecule has 1 aliphatic rings. The van der Waals surface area contributed by atoms with E-state index in [4.69, 9.17) is 0 Å². The van der Waals surface area contributed by atoms with Crippen LogP contribution in [-0.2, 0) is 0 Å². The third-order valence-electron chi connectivity index (χ3n) is 4.77. The summed E-state index contributed by atoms with van der Waals surface area (Å²) in [4.78, 5) is 11.5. The van der Waals surface area contributed by atoms with Gasteiger partial charge in [0.15, 0.2) is 0 Å². The normalized spacial score (nSPS) is 13.6. The Morgan fingerprint density at radius 1 is 0.778 bits per heavy atom. The van der Waals surface area contributed by atoms with Crippen molar-refractivity contribution in [2.45, 2.75) is 26.7 Å². The van der Waals surface area contributed by atoms with Crippen molar-refractivity contribution < 1.29 is 0 Å². The number of aromatic nitrogens is 2. The molecule has 1 aromatic heterocycles. The quantitative estimate of drug-likeness (QED) is 0.657. The minimum atomic E-state index is 0.593. The summed E-state index contributed by atoms with van der Waals surface area (Å²) in [5.74, 6) is 1.38. The fraction of sp³-hybridized carbons (Fsp3) is 0.273. The first-order valence-corrected chi connectivity index (χ1v) is 9.47. The van der Waals surface area contributed by atoms with E-state index in [1.807, 2.05) is 25.1 Å². The Bertz CT molecular complexity index is 897. The molecule has 2 heterocycles. The standard InChI is InChI=1S/C22H25N5/c1-16-5-7-19(8-6-16)25-22-23-17(2)15-21(26-22)24-18-9-11-20(12-10-18)27-13-3-4-14-27/h5-12,15H,3-4,13-14H2,1-2H3,(H2,23,24,25,26). The molecule has 0 aliphatic carbocycles. The van der Waals surface area contributed by atoms with Crippen LogP contribution in [-0.4, -0.2) is 23.1 Å². The molecule has 1 fully saturated rings. The van der Waals surface area contributed by atoms with E-state index in [2.05, 4.69) is 68.8 Å². The molecular weight excluding hydrogens is 334 g/mol. The van der Waals surface area contributed by atoms with Crippen LogP contribution in [0.3, 0.4) is 0 Å². The Morgan fingerprint density at radius 2 is 1.41 bits per heavy atom. The first kappa shape index (κ1) is 17.3. The van der Waals surface area contributed by atoms with E-state index in [9.17, 15) is 0 Å². The van der Waals surface area contributed by atoms with Gasteiger partial charge in [-0.25, -0.2) is 4.98 Å². The summed E-state index contributed by atoms with van der Waals surface area (Å²) in [5.41, 5.74) is 5.43. The van der Waals surface area contributed by atoms with Crippen molar-refractivity contribution in [1.29, 1.82) is 0 Å². The first-order valence-electron chi connectivity index (χ1n) is 9.47. The number of nitrogens with zero attached hydrogens (tertiary/aromatic N) is 3. The summed E-state index contributed by atoms with van der Waals surface area (Å²) >= 11 is 0. The molecule has 5 heteroatoms. The highest BCUT2D eigenvalue weighted by Crippen LogP contribution is 2.24. The third-order valence-corrected chi connectivity index (χ3v) is 4.77. The smallest absolute Gasteiger partial charge is 0.229 e. The van der Waals surface area contributed by atoms with E-state index in [0.29, 0.717) is 5.95 Å². The summed E-state index contributed by atoms with van der Waals surface area (Å²) in [5, 5.41) is 6.66. The van der Waals surface area contributed by atoms with Crippen molar-refractivity contribution in [2.24, 2.45) is 0 Å². The summed E-state index contributed by atoms with van der Waals surface area (Å²) < 4.78 is 0. The van der Waals surface area contributed by atoms with E-state index in [1.165, 1.54) is 24.1 Å². The molecular formula is C22H25N5. The summed E-state index contributed by atoms with van der Waals surface area (Å²) in [6.45, 7) is 6.37. The van der Waals surface area contributed by atoms with Crippen LogP contribution in [0.25, 0.3) is 0 Å². The Labute approximate surface area is 160 Å². The lowest BCUT2D eigenvalue weighted by Crippen LogP contribution is -2.17. The maximum absolute atomic E-state index is 4.60. The average molecular weight is 359 g/mol. The molecule has 0 unspecified atom stereocenters. The summed E-state index contributed by atoms with van der Waals surface area (Å²) in [7, 11) is 0. The molecule has 0 spiro atoms. The lowest BCUT2D eigenvalue weighted by molar-refractivity contribution is 0.949. The van der Waals surface area contributed by atoms with Gasteiger partial charge in [0, 0.05) is 41.9 Å². The van der Waals surface area contributed by atoms with Crippen molar-refractivity contribution in [3.8, 4) is 0 Å². The van der Waals surface area contributed by atoms with Gasteiger partial charge >= 0.3 is 0 Å². The molecule has 0 radical (unpaired) electrons. The van der Waals surface area contributed by atoms with Gasteiger partial charge in [-0.15, -0.1) is 0 Å². The Hall–Kier alpha value is -3.08. The molecule has 1 saturated heterocycles. The van der Waals surface area contributed by atoms with E-state index in [0.717, 1.165) is 36.0 Å². The molecule has 0 saturated carbocycles. The van der Waals surface area contributed by atoms with Gasteiger partial charge in [-0.1, -0.05) is 17.7 Å². The Balaban J connectivity index is 1.48. The lowest BCUT2D eigenvalue weighted by atomic mass is 10.2. The number of aryl methyl sites for hydroxylation is 2. The van der Waals surface area contributed by atoms with Gasteiger partial charge in [0.25, 0.3) is 0 Å². The molecule has 3 aromatic rings. The lowest BCUT2D eigenvalue weighted by Gasteiger charge is -2.18. The van der Waals surface area contributed by atoms with Crippen LogP contribution in [0, 0.1) is 13.8 Å². The first-order chi connectivity index (χ1) is 13.2. The van der Waals surface area contributed by atoms with Gasteiger partial charge < -0.3 is 15.5 Å². The minimum absolute atomic E-state index is 0.593. The topological polar surface area (TPSA) is 53.1 Å². The molecule has 2 N–H and O–H groups in total. The molecule has 4 rings (SSSR count). The van der Waals surface area contributed by atoms with Crippen LogP contribution in [0.2, 0.25) is 0 Å². The van der Waals surface area contributed by atoms with Crippen LogP contribution in [0.4, 0.5) is 28.8 Å². The Kier molecular flexibility index (Phi) is 4.92. The highest BCUT2D eigenvalue weighted by molar-refractivity contribution is 5.63. The number of benzene rings is 2. The molecule has 0 atom stereocenters. The fourth-order valence-corrected chi connectivity index (χ4v) is 3.33. The molecule has 1 aliphatic heterocycles. The van der Waals surface area contributed by atoms with Gasteiger partial charge in [-0.3, -0.25) is 0 Å². The van der Waals surface area contributed by atoms with Gasteiger partial charge in [-0.05, 0) is 63.1 Å². The predicted molar refractivity (Wildman–Crippen MR) is 112 cm³/mol. The van der Waals surface area contributed by atoms with Crippen molar-refractivity contribution in [1.82, 2.24) is 9.97 Å². The van der Waals surface area contributed by atoms with Crippen LogP contribution < -0.4 is 15.5 Å². The number of rotatable bonds is 5. The van der Waals surface area contributed by atoms with Crippen molar-refractivity contribution >= 4 is 28.8 Å². The van der Waals surface area contributed by atoms with E-state index >= 15 is 0 Å². The van der Waals surface area contributed by atoms with Gasteiger partial charge in [0.1, 0.15) is 5.82 Å². The maximum atomic E-state index is 4.60. The second kappa shape index (κ2) is 7.66. The largest absolute Gasteiger partial charge is 0.372 e. The van der Waals surface area contributed by atoms with Crippen LogP contribution >= 0.6 is 0 Å². The molecule has 27 heavy (non-hydrogen) atoms. The van der Waals surface area contributed by atoms with Crippen LogP contribution in [0.15, 0.2) is 54.6 Å². The monoisotopic (exact) mass is 359 g/mol. The SMILES string of the molecule is Cc1ccc(Nc2nc(C)cc(Nc3ccc(N4CCCC4)cc3)n2)cc1. The summed E-state index contributed by atoms with van der Waals surface area (Å²) in [6, 6.07) is 18.7. The second-order valence-corrected chi connectivity index (χ2v) is 7.08. The van der Waals surface area contributed by atoms with Gasteiger partial charge in [-0.2, -0.15) is 4.98 Å². The molecule has 5 nitrogen and oxygen atoms in total. The fourth-order valence-electron chi connectivity index (χ4n) is 3.33. The molecule has 0 bridgehead atoms. The van der Waals surface area contributed by atoms with Crippen LogP contribution in [0.5, 0.6) is 0 Å². The molecule has 0 amide bonds. The summed E-state index contributed by atoms with van der Waals surface area (Å²) in [6.07, 6.45) is 2.58. The maximum Gasteiger partial charge on any atom is 0.229 e. The highest BCUT2D eigenvalue weighted by Gasteiger charge is 2.12. The number of hydrogen-bond donors (Lipinski definition) is 2. The zero-order chi connectivity index (χ0) is 18.6. The highest BCUT2D eigenvalue weighted by atomic mass is 15.2. The van der Waals surface area contributed by atoms with Gasteiger partial charge in [0.2, 0.25) is 5.95 Å². The van der Waals surface area contributed by atoms with Crippen molar-refractivity contribution in [3.63, 3.8) is 0 Å². The van der Waals surface area contributed by atoms with E-state index in [-0.39, 0.29) is 0 Å². The number of anilines is 5. The zero-order valence-corrected chi connectivity index (χ0v) is 15.9. The third kappa shape index (κ3) is 4.37. The van der Waals surface area contributed by atoms with Crippen molar-refractivity contribution in [2.75, 3.05) is 28.6 Å². The zero-order valence-electron chi connectivity index (χ0n) is 15.9. The number of hydrogen-bond acceptors (Lipinski definition) is 5.